The highest BCUT2D eigenvalue weighted by atomic mass is 16.2. The molecule has 0 saturated carbocycles. The summed E-state index contributed by atoms with van der Waals surface area (Å²) in [7, 11) is 0. The monoisotopic (exact) mass is 375 g/mol. The van der Waals surface area contributed by atoms with Gasteiger partial charge in [-0.1, -0.05) is 38.1 Å². The molecule has 144 valence electrons. The van der Waals surface area contributed by atoms with E-state index in [0.717, 1.165) is 11.1 Å². The molecule has 0 spiro atoms. The molecule has 0 atom stereocenters. The van der Waals surface area contributed by atoms with Gasteiger partial charge in [0, 0.05) is 17.8 Å². The smallest absolute Gasteiger partial charge is 0.260 e. The average Bonchev–Trinajstić information content (AvgIpc) is 2.83. The minimum Gasteiger partial charge on any atom is -0.306 e. The molecule has 1 amide bonds. The normalized spacial score (nSPS) is 11.5. The third-order valence-electron chi connectivity index (χ3n) is 4.86. The lowest BCUT2D eigenvalue weighted by Crippen LogP contribution is -2.28. The van der Waals surface area contributed by atoms with E-state index in [1.54, 1.807) is 24.5 Å². The van der Waals surface area contributed by atoms with Crippen molar-refractivity contribution in [1.82, 2.24) is 9.99 Å². The van der Waals surface area contributed by atoms with Gasteiger partial charge in [-0.2, -0.15) is 5.10 Å². The van der Waals surface area contributed by atoms with Gasteiger partial charge in [0.1, 0.15) is 6.54 Å². The van der Waals surface area contributed by atoms with Crippen LogP contribution in [-0.2, 0) is 11.3 Å². The van der Waals surface area contributed by atoms with Crippen molar-refractivity contribution in [3.63, 3.8) is 0 Å². The molecule has 1 aromatic heterocycles. The second-order valence-corrected chi connectivity index (χ2v) is 7.35. The van der Waals surface area contributed by atoms with Gasteiger partial charge in [0.25, 0.3) is 11.5 Å². The molecule has 0 aliphatic heterocycles. The Balaban J connectivity index is 1.81. The largest absolute Gasteiger partial charge is 0.306 e. The molecule has 0 bridgehead atoms. The number of carbonyl (C=O) groups is 1. The van der Waals surface area contributed by atoms with Crippen molar-refractivity contribution in [2.24, 2.45) is 5.10 Å². The second-order valence-electron chi connectivity index (χ2n) is 7.35. The predicted molar refractivity (Wildman–Crippen MR) is 113 cm³/mol. The highest BCUT2D eigenvalue weighted by Crippen LogP contribution is 2.35. The Bertz CT molecular complexity index is 1060. The number of hydrazone groups is 1. The zero-order valence-corrected chi connectivity index (χ0v) is 16.7. The van der Waals surface area contributed by atoms with Crippen LogP contribution in [-0.4, -0.2) is 16.7 Å². The summed E-state index contributed by atoms with van der Waals surface area (Å²) in [6.07, 6.45) is 3.25. The van der Waals surface area contributed by atoms with Gasteiger partial charge in [-0.25, -0.2) is 5.43 Å². The number of hydrogen-bond acceptors (Lipinski definition) is 3. The Morgan fingerprint density at radius 2 is 1.93 bits per heavy atom. The molecule has 2 aliphatic rings. The molecule has 5 nitrogen and oxygen atoms in total. The first-order chi connectivity index (χ1) is 13.4. The second kappa shape index (κ2) is 8.21. The molecule has 0 aromatic carbocycles. The number of hydrogen-bond donors (Lipinski definition) is 1. The molecule has 3 rings (SSSR count). The lowest BCUT2D eigenvalue weighted by molar-refractivity contribution is -0.121. The highest BCUT2D eigenvalue weighted by molar-refractivity contribution is 5.95. The van der Waals surface area contributed by atoms with E-state index >= 15 is 0 Å². The number of fused-ring (bicyclic) bond motifs is 1. The number of nitrogens with zero attached hydrogens (tertiary/aromatic N) is 2. The van der Waals surface area contributed by atoms with Gasteiger partial charge in [0.2, 0.25) is 0 Å². The minimum atomic E-state index is -0.346. The minimum absolute atomic E-state index is 0.0659. The summed E-state index contributed by atoms with van der Waals surface area (Å²) in [5, 5.41) is 4.11. The van der Waals surface area contributed by atoms with Gasteiger partial charge in [-0.15, -0.1) is 0 Å². The van der Waals surface area contributed by atoms with Crippen LogP contribution in [0.4, 0.5) is 0 Å². The van der Waals surface area contributed by atoms with E-state index in [4.69, 9.17) is 0 Å². The Labute approximate surface area is 165 Å². The summed E-state index contributed by atoms with van der Waals surface area (Å²) in [6, 6.07) is 13.4. The summed E-state index contributed by atoms with van der Waals surface area (Å²) < 4.78 is 1.34. The molecule has 1 N–H and O–H groups in total. The number of amides is 1. The zero-order valence-electron chi connectivity index (χ0n) is 16.7. The Kier molecular flexibility index (Phi) is 5.73. The molecule has 5 heteroatoms. The van der Waals surface area contributed by atoms with E-state index in [2.05, 4.69) is 62.5 Å². The quantitative estimate of drug-likeness (QED) is 0.544. The topological polar surface area (TPSA) is 63.5 Å². The Morgan fingerprint density at radius 1 is 1.14 bits per heavy atom. The standard InChI is InChI=1S/C23H25N3O2/c1-15(2)18-9-8-16(3)23-19(11-17(4)20(23)12-18)13-24-25-21(27)14-26-10-6-5-7-22(26)28/h5-13,15H,14H2,1-4H3,(H,25,27)/b24-13-. The van der Waals surface area contributed by atoms with Crippen molar-refractivity contribution >= 4 is 12.1 Å². The summed E-state index contributed by atoms with van der Waals surface area (Å²) in [5.74, 6) is 0.101. The van der Waals surface area contributed by atoms with Crippen molar-refractivity contribution in [1.29, 1.82) is 0 Å². The van der Waals surface area contributed by atoms with Crippen LogP contribution in [0.15, 0.2) is 58.6 Å². The molecular weight excluding hydrogens is 350 g/mol. The fraction of sp³-hybridized carbons (Fsp3) is 0.261. The average molecular weight is 375 g/mol. The molecular formula is C23H25N3O2. The van der Waals surface area contributed by atoms with Gasteiger partial charge >= 0.3 is 0 Å². The molecule has 0 saturated heterocycles. The van der Waals surface area contributed by atoms with Crippen molar-refractivity contribution in [3.05, 3.63) is 81.3 Å². The van der Waals surface area contributed by atoms with E-state index < -0.39 is 0 Å². The fourth-order valence-corrected chi connectivity index (χ4v) is 3.30. The van der Waals surface area contributed by atoms with Crippen molar-refractivity contribution < 1.29 is 4.79 Å². The summed E-state index contributed by atoms with van der Waals surface area (Å²) in [4.78, 5) is 23.8. The van der Waals surface area contributed by atoms with Crippen molar-refractivity contribution in [2.75, 3.05) is 0 Å². The van der Waals surface area contributed by atoms with Crippen LogP contribution in [0.2, 0.25) is 0 Å². The van der Waals surface area contributed by atoms with E-state index in [1.165, 1.54) is 32.9 Å². The van der Waals surface area contributed by atoms with Gasteiger partial charge in [-0.3, -0.25) is 9.59 Å². The third-order valence-corrected chi connectivity index (χ3v) is 4.86. The van der Waals surface area contributed by atoms with Crippen LogP contribution in [0.3, 0.4) is 0 Å². The van der Waals surface area contributed by atoms with Gasteiger partial charge < -0.3 is 4.57 Å². The first kappa shape index (κ1) is 19.5. The van der Waals surface area contributed by atoms with E-state index in [9.17, 15) is 9.59 Å². The number of pyridine rings is 1. The number of nitrogens with one attached hydrogen (secondary N) is 1. The first-order valence-electron chi connectivity index (χ1n) is 9.38. The molecule has 28 heavy (non-hydrogen) atoms. The molecule has 1 aromatic rings. The third kappa shape index (κ3) is 4.19. The van der Waals surface area contributed by atoms with Crippen molar-refractivity contribution in [2.45, 2.75) is 40.2 Å². The van der Waals surface area contributed by atoms with Gasteiger partial charge in [0.05, 0.1) is 6.21 Å². The van der Waals surface area contributed by atoms with Crippen LogP contribution in [0, 0.1) is 13.8 Å². The van der Waals surface area contributed by atoms with Gasteiger partial charge in [-0.05, 0) is 59.7 Å². The Hall–Kier alpha value is -3.21. The van der Waals surface area contributed by atoms with E-state index in [-0.39, 0.29) is 18.0 Å². The maximum Gasteiger partial charge on any atom is 0.260 e. The van der Waals surface area contributed by atoms with Gasteiger partial charge in [0.15, 0.2) is 0 Å². The number of rotatable bonds is 5. The predicted octanol–water partition coefficient (Wildman–Crippen LogP) is 3.84. The maximum absolute atomic E-state index is 12.1. The van der Waals surface area contributed by atoms with E-state index in [0.29, 0.717) is 5.92 Å². The molecule has 0 fully saturated rings. The highest BCUT2D eigenvalue weighted by Gasteiger charge is 2.15. The first-order valence-corrected chi connectivity index (χ1v) is 9.38. The Morgan fingerprint density at radius 3 is 2.64 bits per heavy atom. The molecule has 0 radical (unpaired) electrons. The van der Waals surface area contributed by atoms with Crippen molar-refractivity contribution in [3.8, 4) is 11.1 Å². The van der Waals surface area contributed by atoms with E-state index in [1.807, 2.05) is 0 Å². The lowest BCUT2D eigenvalue weighted by atomic mass is 10.0. The van der Waals surface area contributed by atoms with Crippen LogP contribution >= 0.6 is 0 Å². The van der Waals surface area contributed by atoms with Crippen LogP contribution in [0.5, 0.6) is 0 Å². The van der Waals surface area contributed by atoms with Crippen LogP contribution in [0.25, 0.3) is 11.1 Å². The molecule has 2 aliphatic carbocycles. The van der Waals surface area contributed by atoms with Crippen LogP contribution in [0.1, 0.15) is 42.0 Å². The summed E-state index contributed by atoms with van der Waals surface area (Å²) in [5.41, 5.74) is 9.23. The SMILES string of the molecule is Cc1cc(/C=N\NC(=O)Cn2ccccc2=O)c2c(C)ccc(C(C)C)cc1-2. The molecule has 1 heterocycles. The molecule has 0 unspecified atom stereocenters. The maximum atomic E-state index is 12.1. The lowest BCUT2D eigenvalue weighted by Gasteiger charge is -2.04. The van der Waals surface area contributed by atoms with Crippen LogP contribution < -0.4 is 11.0 Å². The fourth-order valence-electron chi connectivity index (χ4n) is 3.30. The summed E-state index contributed by atoms with van der Waals surface area (Å²) in [6.45, 7) is 8.48. The zero-order chi connectivity index (χ0) is 20.3. The number of carbonyl (C=O) groups excluding carboxylic acids is 1. The summed E-state index contributed by atoms with van der Waals surface area (Å²) >= 11 is 0. The number of aromatic nitrogens is 1. The number of aryl methyl sites for hydroxylation is 2.